The number of hydrogen-bond acceptors (Lipinski definition) is 3. The fourth-order valence-corrected chi connectivity index (χ4v) is 3.48. The molecule has 21 heavy (non-hydrogen) atoms. The Morgan fingerprint density at radius 1 is 1.24 bits per heavy atom. The van der Waals surface area contributed by atoms with Gasteiger partial charge in [0.15, 0.2) is 11.5 Å². The van der Waals surface area contributed by atoms with Gasteiger partial charge < -0.3 is 10.2 Å². The van der Waals surface area contributed by atoms with Crippen LogP contribution in [0.4, 0.5) is 18.9 Å². The Bertz CT molecular complexity index is 668. The molecule has 2 aromatic rings. The monoisotopic (exact) mass is 362 g/mol. The Balaban J connectivity index is 2.04. The largest absolute Gasteiger partial charge is 0.438 e. The average molecular weight is 363 g/mol. The summed E-state index contributed by atoms with van der Waals surface area (Å²) in [6.07, 6.45) is -2.30. The van der Waals surface area contributed by atoms with Gasteiger partial charge in [-0.15, -0.1) is 0 Å². The molecule has 0 spiro atoms. The van der Waals surface area contributed by atoms with Crippen LogP contribution in [-0.2, 0) is 0 Å². The first kappa shape index (κ1) is 14.7. The van der Waals surface area contributed by atoms with Crippen LogP contribution in [0.1, 0.15) is 37.5 Å². The van der Waals surface area contributed by atoms with Gasteiger partial charge in [-0.05, 0) is 25.0 Å². The third-order valence-corrected chi connectivity index (χ3v) is 4.46. The lowest BCUT2D eigenvalue weighted by Crippen LogP contribution is -2.31. The molecule has 7 heteroatoms. The van der Waals surface area contributed by atoms with Gasteiger partial charge in [-0.2, -0.15) is 13.2 Å². The van der Waals surface area contributed by atoms with Gasteiger partial charge in [0, 0.05) is 10.4 Å². The van der Waals surface area contributed by atoms with E-state index >= 15 is 0 Å². The van der Waals surface area contributed by atoms with E-state index in [4.69, 9.17) is 10.2 Å². The number of halogens is 4. The molecule has 1 heterocycles. The van der Waals surface area contributed by atoms with E-state index in [1.54, 1.807) is 12.1 Å². The molecule has 3 nitrogen and oxygen atoms in total. The molecule has 1 aromatic heterocycles. The molecule has 0 bridgehead atoms. The van der Waals surface area contributed by atoms with E-state index < -0.39 is 18.0 Å². The number of rotatable bonds is 1. The van der Waals surface area contributed by atoms with E-state index in [-0.39, 0.29) is 12.3 Å². The highest BCUT2D eigenvalue weighted by molar-refractivity contribution is 9.10. The van der Waals surface area contributed by atoms with E-state index in [1.807, 2.05) is 0 Å². The van der Waals surface area contributed by atoms with Crippen LogP contribution >= 0.6 is 15.9 Å². The van der Waals surface area contributed by atoms with Gasteiger partial charge in [0.2, 0.25) is 0 Å². The zero-order chi connectivity index (χ0) is 15.2. The highest BCUT2D eigenvalue weighted by Gasteiger charge is 2.47. The summed E-state index contributed by atoms with van der Waals surface area (Å²) in [4.78, 5) is 4.25. The van der Waals surface area contributed by atoms with Crippen LogP contribution < -0.4 is 5.73 Å². The molecular formula is C14H14BrF3N2O. The Kier molecular flexibility index (Phi) is 3.63. The van der Waals surface area contributed by atoms with Crippen molar-refractivity contribution in [1.82, 2.24) is 4.98 Å². The van der Waals surface area contributed by atoms with Crippen LogP contribution in [0.3, 0.4) is 0 Å². The number of fused-ring (bicyclic) bond motifs is 1. The quantitative estimate of drug-likeness (QED) is 0.725. The lowest BCUT2D eigenvalue weighted by Gasteiger charge is -2.30. The maximum absolute atomic E-state index is 13.2. The van der Waals surface area contributed by atoms with Crippen LogP contribution in [-0.4, -0.2) is 11.2 Å². The lowest BCUT2D eigenvalue weighted by atomic mass is 9.78. The van der Waals surface area contributed by atoms with E-state index in [1.165, 1.54) is 0 Å². The van der Waals surface area contributed by atoms with Gasteiger partial charge in [0.1, 0.15) is 5.52 Å². The minimum Gasteiger partial charge on any atom is -0.438 e. The van der Waals surface area contributed by atoms with Crippen molar-refractivity contribution in [1.29, 1.82) is 0 Å². The summed E-state index contributed by atoms with van der Waals surface area (Å²) in [6.45, 7) is 0. The summed E-state index contributed by atoms with van der Waals surface area (Å²) in [5, 5.41) is 0. The summed E-state index contributed by atoms with van der Waals surface area (Å²) in [6, 6.07) is 3.35. The predicted octanol–water partition coefficient (Wildman–Crippen LogP) is 5.01. The zero-order valence-corrected chi connectivity index (χ0v) is 12.7. The summed E-state index contributed by atoms with van der Waals surface area (Å²) in [5.74, 6) is -1.95. The SMILES string of the molecule is Nc1cc(Br)cc2nc(C3CCCCC3C(F)(F)F)oc12. The van der Waals surface area contributed by atoms with Crippen molar-refractivity contribution in [3.63, 3.8) is 0 Å². The lowest BCUT2D eigenvalue weighted by molar-refractivity contribution is -0.188. The number of nitrogens with two attached hydrogens (primary N) is 1. The summed E-state index contributed by atoms with van der Waals surface area (Å²) in [7, 11) is 0. The number of nitrogen functional groups attached to an aromatic ring is 1. The first-order valence-corrected chi connectivity index (χ1v) is 7.57. The van der Waals surface area contributed by atoms with Crippen molar-refractivity contribution in [2.24, 2.45) is 5.92 Å². The normalized spacial score (nSPS) is 23.6. The Hall–Kier alpha value is -1.24. The molecule has 0 amide bonds. The van der Waals surface area contributed by atoms with Gasteiger partial charge in [0.25, 0.3) is 0 Å². The number of hydrogen-bond donors (Lipinski definition) is 1. The van der Waals surface area contributed by atoms with E-state index in [0.717, 1.165) is 10.9 Å². The second-order valence-corrected chi connectivity index (χ2v) is 6.35. The number of alkyl halides is 3. The van der Waals surface area contributed by atoms with Gasteiger partial charge in [0.05, 0.1) is 11.6 Å². The first-order valence-electron chi connectivity index (χ1n) is 6.78. The average Bonchev–Trinajstić information content (AvgIpc) is 2.81. The molecule has 1 aromatic carbocycles. The number of aromatic nitrogens is 1. The van der Waals surface area contributed by atoms with Crippen molar-refractivity contribution in [3.8, 4) is 0 Å². The minimum absolute atomic E-state index is 0.131. The second kappa shape index (κ2) is 5.19. The molecule has 1 fully saturated rings. The topological polar surface area (TPSA) is 52.0 Å². The van der Waals surface area contributed by atoms with Crippen molar-refractivity contribution >= 4 is 32.7 Å². The maximum Gasteiger partial charge on any atom is 0.392 e. The predicted molar refractivity (Wildman–Crippen MR) is 76.9 cm³/mol. The maximum atomic E-state index is 13.2. The molecule has 2 N–H and O–H groups in total. The Morgan fingerprint density at radius 2 is 1.95 bits per heavy atom. The van der Waals surface area contributed by atoms with E-state index in [2.05, 4.69) is 20.9 Å². The molecule has 1 aliphatic carbocycles. The molecule has 1 saturated carbocycles. The molecule has 0 saturated heterocycles. The Morgan fingerprint density at radius 3 is 2.67 bits per heavy atom. The molecule has 2 unspecified atom stereocenters. The van der Waals surface area contributed by atoms with Gasteiger partial charge in [-0.1, -0.05) is 28.8 Å². The van der Waals surface area contributed by atoms with Crippen LogP contribution in [0.2, 0.25) is 0 Å². The standard InChI is InChI=1S/C14H14BrF3N2O/c15-7-5-10(19)12-11(6-7)20-13(21-12)8-3-1-2-4-9(8)14(16,17)18/h5-6,8-9H,1-4,19H2. The fraction of sp³-hybridized carbons (Fsp3) is 0.500. The van der Waals surface area contributed by atoms with Crippen molar-refractivity contribution in [3.05, 3.63) is 22.5 Å². The molecule has 0 radical (unpaired) electrons. The van der Waals surface area contributed by atoms with Gasteiger partial charge in [-0.25, -0.2) is 4.98 Å². The van der Waals surface area contributed by atoms with Crippen molar-refractivity contribution in [2.45, 2.75) is 37.8 Å². The minimum atomic E-state index is -4.22. The number of oxazole rings is 1. The number of benzene rings is 1. The molecule has 3 rings (SSSR count). The molecule has 114 valence electrons. The van der Waals surface area contributed by atoms with Crippen molar-refractivity contribution < 1.29 is 17.6 Å². The summed E-state index contributed by atoms with van der Waals surface area (Å²) < 4.78 is 45.8. The van der Waals surface area contributed by atoms with Crippen LogP contribution in [0, 0.1) is 5.92 Å². The highest BCUT2D eigenvalue weighted by Crippen LogP contribution is 2.47. The third-order valence-electron chi connectivity index (χ3n) is 4.00. The fourth-order valence-electron chi connectivity index (χ4n) is 3.02. The van der Waals surface area contributed by atoms with Crippen LogP contribution in [0.15, 0.2) is 21.0 Å². The van der Waals surface area contributed by atoms with Gasteiger partial charge in [-0.3, -0.25) is 0 Å². The first-order chi connectivity index (χ1) is 9.86. The smallest absolute Gasteiger partial charge is 0.392 e. The number of anilines is 1. The van der Waals surface area contributed by atoms with E-state index in [9.17, 15) is 13.2 Å². The third kappa shape index (κ3) is 2.75. The summed E-state index contributed by atoms with van der Waals surface area (Å²) >= 11 is 3.29. The highest BCUT2D eigenvalue weighted by atomic mass is 79.9. The molecule has 2 atom stereocenters. The molecule has 0 aliphatic heterocycles. The second-order valence-electron chi connectivity index (χ2n) is 5.43. The van der Waals surface area contributed by atoms with Crippen molar-refractivity contribution in [2.75, 3.05) is 5.73 Å². The van der Waals surface area contributed by atoms with E-state index in [0.29, 0.717) is 29.6 Å². The Labute approximate surface area is 127 Å². The zero-order valence-electron chi connectivity index (χ0n) is 11.1. The van der Waals surface area contributed by atoms with Gasteiger partial charge >= 0.3 is 6.18 Å². The molecule has 1 aliphatic rings. The summed E-state index contributed by atoms with van der Waals surface area (Å²) in [5.41, 5.74) is 7.06. The number of nitrogens with zero attached hydrogens (tertiary/aromatic N) is 1. The van der Waals surface area contributed by atoms with Crippen LogP contribution in [0.25, 0.3) is 11.1 Å². The van der Waals surface area contributed by atoms with Crippen LogP contribution in [0.5, 0.6) is 0 Å². The molecular weight excluding hydrogens is 349 g/mol.